The van der Waals surface area contributed by atoms with Crippen molar-refractivity contribution >= 4 is 11.0 Å². The third-order valence-corrected chi connectivity index (χ3v) is 5.10. The molecule has 2 aromatic carbocycles. The van der Waals surface area contributed by atoms with Crippen molar-refractivity contribution in [1.82, 2.24) is 9.47 Å². The van der Waals surface area contributed by atoms with Crippen LogP contribution in [0.1, 0.15) is 24.0 Å². The van der Waals surface area contributed by atoms with E-state index in [4.69, 9.17) is 4.42 Å². The Hall–Kier alpha value is -2.66. The van der Waals surface area contributed by atoms with E-state index in [1.165, 1.54) is 15.7 Å². The van der Waals surface area contributed by atoms with Gasteiger partial charge in [-0.05, 0) is 49.1 Å². The molecule has 1 aromatic heterocycles. The summed E-state index contributed by atoms with van der Waals surface area (Å²) in [6.07, 6.45) is 2.81. The maximum absolute atomic E-state index is 12.5. The average molecular weight is 350 g/mol. The minimum atomic E-state index is -0.569. The second-order valence-corrected chi connectivity index (χ2v) is 6.82. The van der Waals surface area contributed by atoms with Crippen LogP contribution >= 0.6 is 0 Å². The van der Waals surface area contributed by atoms with E-state index < -0.39 is 5.76 Å². The van der Waals surface area contributed by atoms with Crippen LogP contribution in [0.4, 0.5) is 0 Å². The van der Waals surface area contributed by atoms with Crippen LogP contribution in [0.3, 0.4) is 0 Å². The summed E-state index contributed by atoms with van der Waals surface area (Å²) in [5.41, 5.74) is 2.95. The largest absolute Gasteiger partial charge is 0.422 e. The van der Waals surface area contributed by atoms with Crippen molar-refractivity contribution in [3.8, 4) is 0 Å². The normalized spacial score (nSPS) is 14.5. The van der Waals surface area contributed by atoms with Crippen LogP contribution in [0.25, 0.3) is 11.0 Å². The molecule has 0 spiro atoms. The molecule has 0 saturated heterocycles. The van der Waals surface area contributed by atoms with Gasteiger partial charge in [-0.2, -0.15) is 0 Å². The van der Waals surface area contributed by atoms with E-state index in [1.807, 2.05) is 0 Å². The Morgan fingerprint density at radius 3 is 2.50 bits per heavy atom. The number of nitrogens with zero attached hydrogens (tertiary/aromatic N) is 2. The molecule has 0 aliphatic carbocycles. The number of rotatable bonds is 5. The SMILES string of the molecule is O=c1oc2ccccc2c(=O)n1CCCCN1CCc2ccccc2C1. The Bertz CT molecular complexity index is 1040. The summed E-state index contributed by atoms with van der Waals surface area (Å²) in [6.45, 7) is 3.42. The molecule has 1 aliphatic rings. The molecule has 0 amide bonds. The lowest BCUT2D eigenvalue weighted by molar-refractivity contribution is 0.246. The van der Waals surface area contributed by atoms with Crippen LogP contribution in [0.15, 0.2) is 62.5 Å². The van der Waals surface area contributed by atoms with Gasteiger partial charge in [0.25, 0.3) is 5.56 Å². The first-order valence-electron chi connectivity index (χ1n) is 9.14. The van der Waals surface area contributed by atoms with Gasteiger partial charge in [-0.1, -0.05) is 36.4 Å². The zero-order valence-corrected chi connectivity index (χ0v) is 14.7. The maximum Gasteiger partial charge on any atom is 0.422 e. The molecule has 2 heterocycles. The van der Waals surface area contributed by atoms with E-state index in [9.17, 15) is 9.59 Å². The topological polar surface area (TPSA) is 55.5 Å². The van der Waals surface area contributed by atoms with Crippen LogP contribution in [-0.4, -0.2) is 22.6 Å². The first kappa shape index (κ1) is 16.8. The fraction of sp³-hybridized carbons (Fsp3) is 0.333. The predicted octanol–water partition coefficient (Wildman–Crippen LogP) is 2.79. The van der Waals surface area contributed by atoms with E-state index in [0.29, 0.717) is 17.5 Å². The molecule has 1 aliphatic heterocycles. The van der Waals surface area contributed by atoms with E-state index in [2.05, 4.69) is 29.2 Å². The van der Waals surface area contributed by atoms with Crippen LogP contribution in [0, 0.1) is 0 Å². The van der Waals surface area contributed by atoms with Gasteiger partial charge in [0.15, 0.2) is 0 Å². The monoisotopic (exact) mass is 350 g/mol. The highest BCUT2D eigenvalue weighted by atomic mass is 16.4. The highest BCUT2D eigenvalue weighted by Gasteiger charge is 2.15. The average Bonchev–Trinajstić information content (AvgIpc) is 2.67. The third-order valence-electron chi connectivity index (χ3n) is 5.10. The van der Waals surface area contributed by atoms with Gasteiger partial charge >= 0.3 is 5.76 Å². The van der Waals surface area contributed by atoms with Crippen LogP contribution in [0.5, 0.6) is 0 Å². The Morgan fingerprint density at radius 2 is 1.62 bits per heavy atom. The molecule has 0 fully saturated rings. The zero-order valence-electron chi connectivity index (χ0n) is 14.7. The van der Waals surface area contributed by atoms with Gasteiger partial charge in [0.2, 0.25) is 0 Å². The Balaban J connectivity index is 1.37. The van der Waals surface area contributed by atoms with Gasteiger partial charge in [-0.3, -0.25) is 9.69 Å². The lowest BCUT2D eigenvalue weighted by atomic mass is 10.00. The fourth-order valence-electron chi connectivity index (χ4n) is 3.65. The van der Waals surface area contributed by atoms with Crippen LogP contribution in [0.2, 0.25) is 0 Å². The van der Waals surface area contributed by atoms with Gasteiger partial charge in [-0.15, -0.1) is 0 Å². The van der Waals surface area contributed by atoms with Crippen molar-refractivity contribution in [1.29, 1.82) is 0 Å². The molecule has 5 nitrogen and oxygen atoms in total. The van der Waals surface area contributed by atoms with Crippen molar-refractivity contribution in [3.63, 3.8) is 0 Å². The first-order valence-corrected chi connectivity index (χ1v) is 9.14. The summed E-state index contributed by atoms with van der Waals surface area (Å²) in [4.78, 5) is 27.0. The fourth-order valence-corrected chi connectivity index (χ4v) is 3.65. The molecule has 0 bridgehead atoms. The zero-order chi connectivity index (χ0) is 17.9. The summed E-state index contributed by atoms with van der Waals surface area (Å²) in [5, 5.41) is 0.458. The minimum Gasteiger partial charge on any atom is -0.409 e. The summed E-state index contributed by atoms with van der Waals surface area (Å²) in [6, 6.07) is 15.5. The van der Waals surface area contributed by atoms with Crippen molar-refractivity contribution in [2.24, 2.45) is 0 Å². The molecular weight excluding hydrogens is 328 g/mol. The summed E-state index contributed by atoms with van der Waals surface area (Å²) >= 11 is 0. The molecular formula is C21H22N2O3. The second-order valence-electron chi connectivity index (χ2n) is 6.82. The van der Waals surface area contributed by atoms with E-state index in [0.717, 1.165) is 38.9 Å². The molecule has 134 valence electrons. The number of hydrogen-bond acceptors (Lipinski definition) is 4. The Labute approximate surface area is 151 Å². The lowest BCUT2D eigenvalue weighted by Crippen LogP contribution is -2.33. The molecule has 0 saturated carbocycles. The number of unbranched alkanes of at least 4 members (excludes halogenated alkanes) is 1. The van der Waals surface area contributed by atoms with E-state index in [1.54, 1.807) is 24.3 Å². The van der Waals surface area contributed by atoms with Gasteiger partial charge < -0.3 is 4.42 Å². The third kappa shape index (κ3) is 3.35. The molecule has 0 unspecified atom stereocenters. The lowest BCUT2D eigenvalue weighted by Gasteiger charge is -2.28. The van der Waals surface area contributed by atoms with Crippen LogP contribution < -0.4 is 11.3 Å². The molecule has 26 heavy (non-hydrogen) atoms. The molecule has 0 radical (unpaired) electrons. The maximum atomic E-state index is 12.5. The second kappa shape index (κ2) is 7.30. The van der Waals surface area contributed by atoms with Gasteiger partial charge in [0, 0.05) is 19.6 Å². The summed E-state index contributed by atoms with van der Waals surface area (Å²) in [5.74, 6) is -0.569. The van der Waals surface area contributed by atoms with Crippen LogP contribution in [-0.2, 0) is 19.5 Å². The van der Waals surface area contributed by atoms with Crippen molar-refractivity contribution < 1.29 is 4.42 Å². The smallest absolute Gasteiger partial charge is 0.409 e. The quantitative estimate of drug-likeness (QED) is 0.664. The molecule has 3 aromatic rings. The van der Waals surface area contributed by atoms with Gasteiger partial charge in [0.1, 0.15) is 5.58 Å². The number of hydrogen-bond donors (Lipinski definition) is 0. The molecule has 0 N–H and O–H groups in total. The van der Waals surface area contributed by atoms with Crippen molar-refractivity contribution in [3.05, 3.63) is 80.6 Å². The number of para-hydroxylation sites is 1. The number of aromatic nitrogens is 1. The highest BCUT2D eigenvalue weighted by molar-refractivity contribution is 5.74. The predicted molar refractivity (Wildman–Crippen MR) is 101 cm³/mol. The Kier molecular flexibility index (Phi) is 4.71. The van der Waals surface area contributed by atoms with Gasteiger partial charge in [-0.25, -0.2) is 9.36 Å². The van der Waals surface area contributed by atoms with Crippen molar-refractivity contribution in [2.45, 2.75) is 32.4 Å². The highest BCUT2D eigenvalue weighted by Crippen LogP contribution is 2.18. The van der Waals surface area contributed by atoms with Crippen molar-refractivity contribution in [2.75, 3.05) is 13.1 Å². The van der Waals surface area contributed by atoms with E-state index >= 15 is 0 Å². The standard InChI is InChI=1S/C21H22N2O3/c24-20-18-9-3-4-10-19(18)26-21(25)23(20)13-6-5-12-22-14-11-16-7-1-2-8-17(16)15-22/h1-4,7-10H,5-6,11-15H2. The molecule has 5 heteroatoms. The number of fused-ring (bicyclic) bond motifs is 2. The first-order chi connectivity index (χ1) is 12.7. The van der Waals surface area contributed by atoms with E-state index in [-0.39, 0.29) is 5.56 Å². The Morgan fingerprint density at radius 1 is 0.885 bits per heavy atom. The molecule has 4 rings (SSSR count). The molecule has 0 atom stereocenters. The number of benzene rings is 2. The minimum absolute atomic E-state index is 0.260. The van der Waals surface area contributed by atoms with Gasteiger partial charge in [0.05, 0.1) is 5.39 Å². The summed E-state index contributed by atoms with van der Waals surface area (Å²) in [7, 11) is 0. The summed E-state index contributed by atoms with van der Waals surface area (Å²) < 4.78 is 6.47.